The van der Waals surface area contributed by atoms with E-state index in [0.717, 1.165) is 16.5 Å². The van der Waals surface area contributed by atoms with Crippen LogP contribution in [0.4, 0.5) is 5.69 Å². The summed E-state index contributed by atoms with van der Waals surface area (Å²) in [6.07, 6.45) is 0. The van der Waals surface area contributed by atoms with Crippen molar-refractivity contribution in [3.8, 4) is 11.8 Å². The van der Waals surface area contributed by atoms with Crippen LogP contribution in [-0.4, -0.2) is 4.92 Å². The van der Waals surface area contributed by atoms with Gasteiger partial charge in [-0.05, 0) is 50.5 Å². The second kappa shape index (κ2) is 5.82. The lowest BCUT2D eigenvalue weighted by atomic mass is 9.92. The number of nitro groups is 1. The van der Waals surface area contributed by atoms with Gasteiger partial charge in [0.1, 0.15) is 0 Å². The molecule has 0 amide bonds. The third kappa shape index (κ3) is 2.47. The maximum atomic E-state index is 10.8. The summed E-state index contributed by atoms with van der Waals surface area (Å²) in [6, 6.07) is 25.4. The number of hydrogen-bond acceptors (Lipinski definition) is 2. The van der Waals surface area contributed by atoms with Crippen LogP contribution in [-0.2, 0) is 0 Å². The quantitative estimate of drug-likeness (QED) is 0.164. The SMILES string of the molecule is O=[N+]([O-])c1ccc(C#Cc2ccc3ccc4cccc5ccc2c3c45)cc1. The summed E-state index contributed by atoms with van der Waals surface area (Å²) in [7, 11) is 0. The van der Waals surface area contributed by atoms with Crippen LogP contribution in [0.1, 0.15) is 11.1 Å². The molecule has 5 aromatic rings. The standard InChI is InChI=1S/C24H13NO2/c26-25(27)21-13-5-16(6-14-21)4-7-17-8-9-20-11-10-18-2-1-3-19-12-15-22(17)24(20)23(18)19/h1-3,5-6,8-15H. The zero-order chi connectivity index (χ0) is 18.4. The predicted octanol–water partition coefficient (Wildman–Crippen LogP) is 5.89. The van der Waals surface area contributed by atoms with Crippen molar-refractivity contribution in [2.75, 3.05) is 0 Å². The minimum absolute atomic E-state index is 0.0725. The lowest BCUT2D eigenvalue weighted by molar-refractivity contribution is -0.384. The lowest BCUT2D eigenvalue weighted by Crippen LogP contribution is -1.88. The van der Waals surface area contributed by atoms with Crippen LogP contribution in [0.2, 0.25) is 0 Å². The number of hydrogen-bond donors (Lipinski definition) is 0. The minimum Gasteiger partial charge on any atom is -0.258 e. The molecule has 0 radical (unpaired) electrons. The normalized spacial score (nSPS) is 11.0. The van der Waals surface area contributed by atoms with Crippen LogP contribution >= 0.6 is 0 Å². The van der Waals surface area contributed by atoms with E-state index in [4.69, 9.17) is 0 Å². The van der Waals surface area contributed by atoms with E-state index in [2.05, 4.69) is 60.4 Å². The largest absolute Gasteiger partial charge is 0.269 e. The van der Waals surface area contributed by atoms with Crippen molar-refractivity contribution in [1.82, 2.24) is 0 Å². The highest BCUT2D eigenvalue weighted by Crippen LogP contribution is 2.35. The average molecular weight is 347 g/mol. The van der Waals surface area contributed by atoms with E-state index in [0.29, 0.717) is 0 Å². The topological polar surface area (TPSA) is 43.1 Å². The first-order chi connectivity index (χ1) is 13.2. The summed E-state index contributed by atoms with van der Waals surface area (Å²) in [5.74, 6) is 6.37. The molecule has 0 fully saturated rings. The molecule has 0 N–H and O–H groups in total. The van der Waals surface area contributed by atoms with E-state index in [-0.39, 0.29) is 5.69 Å². The van der Waals surface area contributed by atoms with Gasteiger partial charge in [0.2, 0.25) is 0 Å². The highest BCUT2D eigenvalue weighted by molar-refractivity contribution is 6.23. The van der Waals surface area contributed by atoms with Crippen LogP contribution < -0.4 is 0 Å². The summed E-state index contributed by atoms with van der Waals surface area (Å²) in [5.41, 5.74) is 1.79. The van der Waals surface area contributed by atoms with E-state index in [1.807, 2.05) is 6.07 Å². The Morgan fingerprint density at radius 2 is 1.30 bits per heavy atom. The lowest BCUT2D eigenvalue weighted by Gasteiger charge is -2.11. The maximum absolute atomic E-state index is 10.8. The van der Waals surface area contributed by atoms with E-state index in [9.17, 15) is 10.1 Å². The summed E-state index contributed by atoms with van der Waals surface area (Å²) in [6.45, 7) is 0. The van der Waals surface area contributed by atoms with E-state index in [1.54, 1.807) is 12.1 Å². The Morgan fingerprint density at radius 1 is 0.667 bits per heavy atom. The predicted molar refractivity (Wildman–Crippen MR) is 109 cm³/mol. The molecule has 0 aliphatic heterocycles. The van der Waals surface area contributed by atoms with Crippen LogP contribution in [0.3, 0.4) is 0 Å². The van der Waals surface area contributed by atoms with E-state index >= 15 is 0 Å². The molecule has 0 aliphatic carbocycles. The van der Waals surface area contributed by atoms with Gasteiger partial charge in [-0.1, -0.05) is 60.4 Å². The van der Waals surface area contributed by atoms with Crippen LogP contribution in [0.25, 0.3) is 32.3 Å². The molecule has 5 rings (SSSR count). The summed E-state index contributed by atoms with van der Waals surface area (Å²) in [5, 5.41) is 18.1. The molecule has 0 atom stereocenters. The highest BCUT2D eigenvalue weighted by Gasteiger charge is 2.09. The number of benzene rings is 5. The van der Waals surface area contributed by atoms with Gasteiger partial charge in [0.05, 0.1) is 4.92 Å². The Hall–Kier alpha value is -3.90. The number of rotatable bonds is 1. The second-order valence-corrected chi connectivity index (χ2v) is 6.52. The van der Waals surface area contributed by atoms with Crippen molar-refractivity contribution < 1.29 is 4.92 Å². The first kappa shape index (κ1) is 15.4. The zero-order valence-corrected chi connectivity index (χ0v) is 14.3. The summed E-state index contributed by atoms with van der Waals surface area (Å²) >= 11 is 0. The molecule has 0 spiro atoms. The molecule has 0 saturated heterocycles. The highest BCUT2D eigenvalue weighted by atomic mass is 16.6. The van der Waals surface area contributed by atoms with Crippen molar-refractivity contribution in [3.05, 3.63) is 100 Å². The minimum atomic E-state index is -0.405. The Morgan fingerprint density at radius 3 is 2.00 bits per heavy atom. The third-order valence-electron chi connectivity index (χ3n) is 4.95. The van der Waals surface area contributed by atoms with Crippen molar-refractivity contribution in [1.29, 1.82) is 0 Å². The Kier molecular flexibility index (Phi) is 3.31. The molecule has 0 bridgehead atoms. The van der Waals surface area contributed by atoms with Gasteiger partial charge < -0.3 is 0 Å². The molecular formula is C24H13NO2. The zero-order valence-electron chi connectivity index (χ0n) is 14.3. The van der Waals surface area contributed by atoms with Gasteiger partial charge in [0, 0.05) is 23.3 Å². The Balaban J connectivity index is 1.69. The molecule has 27 heavy (non-hydrogen) atoms. The smallest absolute Gasteiger partial charge is 0.258 e. The molecule has 5 aromatic carbocycles. The number of nitrogens with zero attached hydrogens (tertiary/aromatic N) is 1. The van der Waals surface area contributed by atoms with E-state index < -0.39 is 4.92 Å². The monoisotopic (exact) mass is 347 g/mol. The van der Waals surface area contributed by atoms with Gasteiger partial charge in [-0.3, -0.25) is 10.1 Å². The molecule has 0 heterocycles. The van der Waals surface area contributed by atoms with Gasteiger partial charge in [-0.2, -0.15) is 0 Å². The molecule has 0 aliphatic rings. The van der Waals surface area contributed by atoms with Gasteiger partial charge in [0.15, 0.2) is 0 Å². The first-order valence-electron chi connectivity index (χ1n) is 8.64. The molecule has 0 saturated carbocycles. The van der Waals surface area contributed by atoms with Gasteiger partial charge in [-0.15, -0.1) is 0 Å². The van der Waals surface area contributed by atoms with Gasteiger partial charge in [0.25, 0.3) is 5.69 Å². The molecule has 3 heteroatoms. The van der Waals surface area contributed by atoms with E-state index in [1.165, 1.54) is 39.1 Å². The Bertz CT molecular complexity index is 1370. The van der Waals surface area contributed by atoms with Crippen molar-refractivity contribution in [2.24, 2.45) is 0 Å². The molecule has 0 unspecified atom stereocenters. The molecule has 0 aromatic heterocycles. The number of non-ortho nitro benzene ring substituents is 1. The van der Waals surface area contributed by atoms with Gasteiger partial charge >= 0.3 is 0 Å². The fourth-order valence-electron chi connectivity index (χ4n) is 3.65. The van der Waals surface area contributed by atoms with Crippen molar-refractivity contribution in [3.63, 3.8) is 0 Å². The van der Waals surface area contributed by atoms with Crippen molar-refractivity contribution in [2.45, 2.75) is 0 Å². The first-order valence-corrected chi connectivity index (χ1v) is 8.64. The molecule has 126 valence electrons. The fourth-order valence-corrected chi connectivity index (χ4v) is 3.65. The van der Waals surface area contributed by atoms with Crippen molar-refractivity contribution >= 4 is 38.0 Å². The molecule has 3 nitrogen and oxygen atoms in total. The van der Waals surface area contributed by atoms with Crippen LogP contribution in [0.5, 0.6) is 0 Å². The maximum Gasteiger partial charge on any atom is 0.269 e. The molecular weight excluding hydrogens is 334 g/mol. The Labute approximate surface area is 155 Å². The fraction of sp³-hybridized carbons (Fsp3) is 0. The van der Waals surface area contributed by atoms with Crippen LogP contribution in [0.15, 0.2) is 78.9 Å². The van der Waals surface area contributed by atoms with Crippen LogP contribution in [0, 0.1) is 22.0 Å². The van der Waals surface area contributed by atoms with Gasteiger partial charge in [-0.25, -0.2) is 0 Å². The summed E-state index contributed by atoms with van der Waals surface area (Å²) < 4.78 is 0. The summed E-state index contributed by atoms with van der Waals surface area (Å²) in [4.78, 5) is 10.4. The third-order valence-corrected chi connectivity index (χ3v) is 4.95. The second-order valence-electron chi connectivity index (χ2n) is 6.52. The average Bonchev–Trinajstić information content (AvgIpc) is 2.71. The number of nitro benzene ring substituents is 1.